The lowest BCUT2D eigenvalue weighted by atomic mass is 10.3. The minimum atomic E-state index is -3.71. The summed E-state index contributed by atoms with van der Waals surface area (Å²) in [6, 6.07) is 16.7. The van der Waals surface area contributed by atoms with Gasteiger partial charge in [0.05, 0.1) is 17.2 Å². The molecule has 1 atom stereocenters. The second kappa shape index (κ2) is 9.65. The van der Waals surface area contributed by atoms with Gasteiger partial charge in [0.25, 0.3) is 11.5 Å². The molecule has 1 unspecified atom stereocenters. The number of methoxy groups -OCH3 is 1. The zero-order valence-corrected chi connectivity index (χ0v) is 17.8. The van der Waals surface area contributed by atoms with E-state index in [-0.39, 0.29) is 28.8 Å². The Morgan fingerprint density at radius 1 is 1.06 bits per heavy atom. The minimum absolute atomic E-state index is 0.0372. The molecular weight excluding hydrogens is 420 g/mol. The summed E-state index contributed by atoms with van der Waals surface area (Å²) in [5, 5.41) is 6.76. The van der Waals surface area contributed by atoms with Crippen molar-refractivity contribution in [2.75, 3.05) is 19.0 Å². The van der Waals surface area contributed by atoms with E-state index in [1.165, 1.54) is 43.5 Å². The number of amides is 1. The molecule has 0 spiro atoms. The van der Waals surface area contributed by atoms with Gasteiger partial charge in [-0.25, -0.2) is 13.1 Å². The van der Waals surface area contributed by atoms with Crippen LogP contribution in [0.4, 0.5) is 5.69 Å². The van der Waals surface area contributed by atoms with Crippen LogP contribution >= 0.6 is 0 Å². The molecule has 0 saturated heterocycles. The van der Waals surface area contributed by atoms with Crippen molar-refractivity contribution < 1.29 is 17.9 Å². The number of carbonyl (C=O) groups is 1. The topological polar surface area (TPSA) is 119 Å². The third kappa shape index (κ3) is 5.63. The van der Waals surface area contributed by atoms with Gasteiger partial charge in [-0.05, 0) is 49.4 Å². The number of ether oxygens (including phenoxy) is 1. The van der Waals surface area contributed by atoms with Crippen LogP contribution in [0.3, 0.4) is 0 Å². The Balaban J connectivity index is 1.75. The second-order valence-corrected chi connectivity index (χ2v) is 8.47. The molecule has 9 nitrogen and oxygen atoms in total. The number of nitrogens with zero attached hydrogens (tertiary/aromatic N) is 2. The lowest BCUT2D eigenvalue weighted by molar-refractivity contribution is 0.102. The Labute approximate surface area is 179 Å². The number of carbonyl (C=O) groups excluding carboxylic acids is 1. The third-order valence-electron chi connectivity index (χ3n) is 4.23. The Hall–Kier alpha value is -3.34. The van der Waals surface area contributed by atoms with Gasteiger partial charge < -0.3 is 10.1 Å². The highest BCUT2D eigenvalue weighted by Crippen LogP contribution is 2.15. The summed E-state index contributed by atoms with van der Waals surface area (Å²) in [6.45, 7) is 1.93. The van der Waals surface area contributed by atoms with Crippen molar-refractivity contribution in [1.82, 2.24) is 14.5 Å². The molecule has 10 heteroatoms. The highest BCUT2D eigenvalue weighted by Gasteiger charge is 2.18. The van der Waals surface area contributed by atoms with Crippen LogP contribution in [0.5, 0.6) is 0 Å². The van der Waals surface area contributed by atoms with Crippen LogP contribution in [-0.4, -0.2) is 43.9 Å². The smallest absolute Gasteiger partial charge is 0.276 e. The van der Waals surface area contributed by atoms with E-state index < -0.39 is 15.9 Å². The summed E-state index contributed by atoms with van der Waals surface area (Å²) in [6.07, 6.45) is 0. The highest BCUT2D eigenvalue weighted by molar-refractivity contribution is 7.89. The fourth-order valence-corrected chi connectivity index (χ4v) is 4.04. The Kier molecular flexibility index (Phi) is 6.95. The standard InChI is InChI=1S/C21H22N4O5S/c1-15(14-30-2)24-31(28,29)18-10-8-16(9-11-18)22-21(27)19-12-13-20(26)25(23-19)17-6-4-3-5-7-17/h3-13,15,24H,14H2,1-2H3,(H,22,27). The van der Waals surface area contributed by atoms with Crippen molar-refractivity contribution in [3.8, 4) is 5.69 Å². The van der Waals surface area contributed by atoms with E-state index in [9.17, 15) is 18.0 Å². The molecule has 1 heterocycles. The van der Waals surface area contributed by atoms with Gasteiger partial charge in [-0.3, -0.25) is 9.59 Å². The summed E-state index contributed by atoms with van der Waals surface area (Å²) in [7, 11) is -2.22. The van der Waals surface area contributed by atoms with Crippen LogP contribution in [0.15, 0.2) is 76.4 Å². The summed E-state index contributed by atoms with van der Waals surface area (Å²) in [5.74, 6) is -0.535. The molecule has 31 heavy (non-hydrogen) atoms. The third-order valence-corrected chi connectivity index (χ3v) is 5.83. The van der Waals surface area contributed by atoms with E-state index in [4.69, 9.17) is 4.74 Å². The maximum absolute atomic E-state index is 12.6. The quantitative estimate of drug-likeness (QED) is 0.549. The van der Waals surface area contributed by atoms with E-state index in [0.717, 1.165) is 4.68 Å². The van der Waals surface area contributed by atoms with Crippen LogP contribution < -0.4 is 15.6 Å². The van der Waals surface area contributed by atoms with Crippen LogP contribution in [0.2, 0.25) is 0 Å². The SMILES string of the molecule is COCC(C)NS(=O)(=O)c1ccc(NC(=O)c2ccc(=O)n(-c3ccccc3)n2)cc1. The first kappa shape index (κ1) is 22.3. The first-order chi connectivity index (χ1) is 14.8. The normalized spacial score (nSPS) is 12.3. The molecule has 0 saturated carbocycles. The molecule has 162 valence electrons. The zero-order chi connectivity index (χ0) is 22.4. The number of nitrogens with one attached hydrogen (secondary N) is 2. The molecule has 0 bridgehead atoms. The van der Waals surface area contributed by atoms with Crippen molar-refractivity contribution in [3.63, 3.8) is 0 Å². The summed E-state index contributed by atoms with van der Waals surface area (Å²) in [5.41, 5.74) is 0.586. The number of anilines is 1. The number of benzene rings is 2. The first-order valence-electron chi connectivity index (χ1n) is 9.38. The molecular formula is C21H22N4O5S. The number of para-hydroxylation sites is 1. The molecule has 2 aromatic carbocycles. The number of rotatable bonds is 8. The fraction of sp³-hybridized carbons (Fsp3) is 0.190. The van der Waals surface area contributed by atoms with E-state index in [1.807, 2.05) is 6.07 Å². The van der Waals surface area contributed by atoms with E-state index in [2.05, 4.69) is 15.1 Å². The Morgan fingerprint density at radius 2 is 1.74 bits per heavy atom. The van der Waals surface area contributed by atoms with Crippen molar-refractivity contribution >= 4 is 21.6 Å². The van der Waals surface area contributed by atoms with Crippen LogP contribution in [0.25, 0.3) is 5.69 Å². The molecule has 1 aromatic heterocycles. The van der Waals surface area contributed by atoms with Gasteiger partial charge in [0.1, 0.15) is 5.69 Å². The molecule has 0 radical (unpaired) electrons. The molecule has 0 fully saturated rings. The van der Waals surface area contributed by atoms with E-state index >= 15 is 0 Å². The number of hydrogen-bond acceptors (Lipinski definition) is 6. The maximum atomic E-state index is 12.6. The summed E-state index contributed by atoms with van der Waals surface area (Å²) < 4.78 is 33.3. The monoisotopic (exact) mass is 442 g/mol. The lowest BCUT2D eigenvalue weighted by Gasteiger charge is -2.13. The predicted molar refractivity (Wildman–Crippen MR) is 116 cm³/mol. The van der Waals surface area contributed by atoms with Gasteiger partial charge in [0.2, 0.25) is 10.0 Å². The van der Waals surface area contributed by atoms with Gasteiger partial charge in [0, 0.05) is 24.9 Å². The highest BCUT2D eigenvalue weighted by atomic mass is 32.2. The van der Waals surface area contributed by atoms with Gasteiger partial charge >= 0.3 is 0 Å². The number of hydrogen-bond donors (Lipinski definition) is 2. The molecule has 3 aromatic rings. The van der Waals surface area contributed by atoms with Gasteiger partial charge in [-0.2, -0.15) is 9.78 Å². The van der Waals surface area contributed by atoms with Gasteiger partial charge in [0.15, 0.2) is 0 Å². The first-order valence-corrected chi connectivity index (χ1v) is 10.9. The molecule has 0 aliphatic heterocycles. The average molecular weight is 442 g/mol. The fourth-order valence-electron chi connectivity index (χ4n) is 2.82. The Bertz CT molecular complexity index is 1210. The predicted octanol–water partition coefficient (Wildman–Crippen LogP) is 1.80. The summed E-state index contributed by atoms with van der Waals surface area (Å²) >= 11 is 0. The average Bonchev–Trinajstić information content (AvgIpc) is 2.75. The van der Waals surface area contributed by atoms with Crippen LogP contribution in [0, 0.1) is 0 Å². The molecule has 0 aliphatic carbocycles. The zero-order valence-electron chi connectivity index (χ0n) is 17.0. The van der Waals surface area contributed by atoms with Crippen molar-refractivity contribution in [2.24, 2.45) is 0 Å². The molecule has 3 rings (SSSR count). The van der Waals surface area contributed by atoms with E-state index in [0.29, 0.717) is 11.4 Å². The second-order valence-electron chi connectivity index (χ2n) is 6.76. The lowest BCUT2D eigenvalue weighted by Crippen LogP contribution is -2.35. The molecule has 2 N–H and O–H groups in total. The van der Waals surface area contributed by atoms with Crippen molar-refractivity contribution in [3.05, 3.63) is 82.8 Å². The minimum Gasteiger partial charge on any atom is -0.383 e. The van der Waals surface area contributed by atoms with Crippen molar-refractivity contribution in [1.29, 1.82) is 0 Å². The summed E-state index contributed by atoms with van der Waals surface area (Å²) in [4.78, 5) is 24.7. The van der Waals surface area contributed by atoms with Gasteiger partial charge in [-0.15, -0.1) is 0 Å². The molecule has 0 aliphatic rings. The Morgan fingerprint density at radius 3 is 2.39 bits per heavy atom. The van der Waals surface area contributed by atoms with Crippen LogP contribution in [0.1, 0.15) is 17.4 Å². The maximum Gasteiger partial charge on any atom is 0.276 e. The van der Waals surface area contributed by atoms with Gasteiger partial charge in [-0.1, -0.05) is 18.2 Å². The number of aromatic nitrogens is 2. The van der Waals surface area contributed by atoms with Crippen molar-refractivity contribution in [2.45, 2.75) is 17.9 Å². The number of sulfonamides is 1. The van der Waals surface area contributed by atoms with E-state index in [1.54, 1.807) is 31.2 Å². The molecule has 1 amide bonds. The largest absolute Gasteiger partial charge is 0.383 e. The van der Waals surface area contributed by atoms with Crippen LogP contribution in [-0.2, 0) is 14.8 Å².